The zero-order chi connectivity index (χ0) is 15.1. The molecule has 3 N–H and O–H groups in total. The SMILES string of the molecule is CCCCC1CCC(C(=O)NCC2CCCC2CN)CC1. The van der Waals surface area contributed by atoms with E-state index in [2.05, 4.69) is 12.2 Å². The highest BCUT2D eigenvalue weighted by Gasteiger charge is 2.29. The summed E-state index contributed by atoms with van der Waals surface area (Å²) in [5, 5.41) is 3.22. The van der Waals surface area contributed by atoms with Gasteiger partial charge in [0.2, 0.25) is 5.91 Å². The smallest absolute Gasteiger partial charge is 0.223 e. The van der Waals surface area contributed by atoms with E-state index < -0.39 is 0 Å². The fourth-order valence-electron chi connectivity index (χ4n) is 4.27. The zero-order valence-electron chi connectivity index (χ0n) is 13.8. The first kappa shape index (κ1) is 16.8. The minimum absolute atomic E-state index is 0.278. The number of hydrogen-bond acceptors (Lipinski definition) is 2. The molecule has 2 fully saturated rings. The van der Waals surface area contributed by atoms with Crippen LogP contribution < -0.4 is 11.1 Å². The Labute approximate surface area is 130 Å². The van der Waals surface area contributed by atoms with Crippen LogP contribution in [-0.2, 0) is 4.79 Å². The Morgan fingerprint density at radius 3 is 2.48 bits per heavy atom. The van der Waals surface area contributed by atoms with Gasteiger partial charge >= 0.3 is 0 Å². The van der Waals surface area contributed by atoms with Crippen LogP contribution in [0.1, 0.15) is 71.1 Å². The van der Waals surface area contributed by atoms with E-state index >= 15 is 0 Å². The first-order chi connectivity index (χ1) is 10.2. The van der Waals surface area contributed by atoms with Crippen molar-refractivity contribution in [1.29, 1.82) is 0 Å². The molecule has 21 heavy (non-hydrogen) atoms. The minimum Gasteiger partial charge on any atom is -0.356 e. The summed E-state index contributed by atoms with van der Waals surface area (Å²) in [5.74, 6) is 2.73. The lowest BCUT2D eigenvalue weighted by Gasteiger charge is -2.28. The zero-order valence-corrected chi connectivity index (χ0v) is 13.8. The van der Waals surface area contributed by atoms with E-state index in [4.69, 9.17) is 5.73 Å². The van der Waals surface area contributed by atoms with Gasteiger partial charge in [0, 0.05) is 12.5 Å². The number of hydrogen-bond donors (Lipinski definition) is 2. The summed E-state index contributed by atoms with van der Waals surface area (Å²) in [5.41, 5.74) is 5.82. The third-order valence-electron chi connectivity index (χ3n) is 5.84. The molecule has 0 aliphatic heterocycles. The molecule has 0 radical (unpaired) electrons. The Morgan fingerprint density at radius 1 is 1.10 bits per heavy atom. The lowest BCUT2D eigenvalue weighted by molar-refractivity contribution is -0.126. The standard InChI is InChI=1S/C18H34N2O/c1-2-3-5-14-8-10-15(11-9-14)18(21)20-13-17-7-4-6-16(17)12-19/h14-17H,2-13,19H2,1H3,(H,20,21). The highest BCUT2D eigenvalue weighted by atomic mass is 16.1. The average Bonchev–Trinajstić information content (AvgIpc) is 2.98. The molecule has 2 saturated carbocycles. The van der Waals surface area contributed by atoms with Gasteiger partial charge in [0.25, 0.3) is 0 Å². The predicted octanol–water partition coefficient (Wildman–Crippen LogP) is 3.47. The van der Waals surface area contributed by atoms with Crippen LogP contribution in [0.25, 0.3) is 0 Å². The molecular weight excluding hydrogens is 260 g/mol. The number of carbonyl (C=O) groups excluding carboxylic acids is 1. The van der Waals surface area contributed by atoms with Crippen LogP contribution in [0.4, 0.5) is 0 Å². The van der Waals surface area contributed by atoms with E-state index in [1.807, 2.05) is 0 Å². The molecule has 3 heteroatoms. The van der Waals surface area contributed by atoms with Crippen LogP contribution in [-0.4, -0.2) is 19.0 Å². The normalized spacial score (nSPS) is 33.0. The monoisotopic (exact) mass is 294 g/mol. The van der Waals surface area contributed by atoms with Gasteiger partial charge < -0.3 is 11.1 Å². The van der Waals surface area contributed by atoms with Crippen molar-refractivity contribution >= 4 is 5.91 Å². The molecule has 3 nitrogen and oxygen atoms in total. The summed E-state index contributed by atoms with van der Waals surface area (Å²) in [6.07, 6.45) is 12.5. The van der Waals surface area contributed by atoms with E-state index in [-0.39, 0.29) is 5.92 Å². The molecule has 2 rings (SSSR count). The van der Waals surface area contributed by atoms with Crippen LogP contribution in [0.15, 0.2) is 0 Å². The molecule has 2 aliphatic carbocycles. The topological polar surface area (TPSA) is 55.1 Å². The highest BCUT2D eigenvalue weighted by molar-refractivity contribution is 5.78. The summed E-state index contributed by atoms with van der Waals surface area (Å²) in [7, 11) is 0. The van der Waals surface area contributed by atoms with E-state index in [0.29, 0.717) is 17.7 Å². The van der Waals surface area contributed by atoms with Crippen molar-refractivity contribution in [1.82, 2.24) is 5.32 Å². The van der Waals surface area contributed by atoms with E-state index in [1.54, 1.807) is 0 Å². The van der Waals surface area contributed by atoms with Crippen molar-refractivity contribution in [2.45, 2.75) is 71.1 Å². The average molecular weight is 294 g/mol. The molecule has 2 unspecified atom stereocenters. The van der Waals surface area contributed by atoms with E-state index in [9.17, 15) is 4.79 Å². The number of nitrogens with one attached hydrogen (secondary N) is 1. The van der Waals surface area contributed by atoms with Crippen molar-refractivity contribution < 1.29 is 4.79 Å². The van der Waals surface area contributed by atoms with Crippen LogP contribution in [0, 0.1) is 23.7 Å². The number of rotatable bonds is 7. The fourth-order valence-corrected chi connectivity index (χ4v) is 4.27. The van der Waals surface area contributed by atoms with Gasteiger partial charge in [0.05, 0.1) is 0 Å². The lowest BCUT2D eigenvalue weighted by atomic mass is 9.79. The van der Waals surface area contributed by atoms with Gasteiger partial charge in [-0.05, 0) is 62.8 Å². The van der Waals surface area contributed by atoms with Gasteiger partial charge in [-0.3, -0.25) is 4.79 Å². The van der Waals surface area contributed by atoms with Crippen LogP contribution in [0.3, 0.4) is 0 Å². The maximum absolute atomic E-state index is 12.3. The van der Waals surface area contributed by atoms with Crippen LogP contribution >= 0.6 is 0 Å². The van der Waals surface area contributed by atoms with Crippen molar-refractivity contribution in [3.05, 3.63) is 0 Å². The number of nitrogens with two attached hydrogens (primary N) is 1. The van der Waals surface area contributed by atoms with Crippen molar-refractivity contribution in [3.63, 3.8) is 0 Å². The molecule has 0 heterocycles. The summed E-state index contributed by atoms with van der Waals surface area (Å²) in [6.45, 7) is 3.90. The highest BCUT2D eigenvalue weighted by Crippen LogP contribution is 2.33. The second kappa shape index (κ2) is 8.77. The maximum Gasteiger partial charge on any atom is 0.223 e. The minimum atomic E-state index is 0.278. The Morgan fingerprint density at radius 2 is 1.81 bits per heavy atom. The second-order valence-electron chi connectivity index (χ2n) is 7.29. The first-order valence-corrected chi connectivity index (χ1v) is 9.22. The van der Waals surface area contributed by atoms with E-state index in [1.165, 1.54) is 51.4 Å². The quantitative estimate of drug-likeness (QED) is 0.755. The van der Waals surface area contributed by atoms with Gasteiger partial charge in [0.1, 0.15) is 0 Å². The number of carbonyl (C=O) groups is 1. The summed E-state index contributed by atoms with van der Waals surface area (Å²) in [6, 6.07) is 0. The number of unbranched alkanes of at least 4 members (excludes halogenated alkanes) is 1. The van der Waals surface area contributed by atoms with Gasteiger partial charge in [-0.1, -0.05) is 32.6 Å². The third kappa shape index (κ3) is 4.98. The Bertz CT molecular complexity index is 310. The Kier molecular flexibility index (Phi) is 7.01. The molecule has 2 aliphatic rings. The predicted molar refractivity (Wildman–Crippen MR) is 87.9 cm³/mol. The molecule has 0 saturated heterocycles. The molecule has 0 spiro atoms. The largest absolute Gasteiger partial charge is 0.356 e. The molecule has 0 bridgehead atoms. The Hall–Kier alpha value is -0.570. The van der Waals surface area contributed by atoms with Gasteiger partial charge in [-0.2, -0.15) is 0 Å². The van der Waals surface area contributed by atoms with Gasteiger partial charge in [-0.15, -0.1) is 0 Å². The van der Waals surface area contributed by atoms with Gasteiger partial charge in [-0.25, -0.2) is 0 Å². The maximum atomic E-state index is 12.3. The van der Waals surface area contributed by atoms with Crippen LogP contribution in [0.5, 0.6) is 0 Å². The van der Waals surface area contributed by atoms with Gasteiger partial charge in [0.15, 0.2) is 0 Å². The third-order valence-corrected chi connectivity index (χ3v) is 5.84. The van der Waals surface area contributed by atoms with Crippen molar-refractivity contribution in [2.24, 2.45) is 29.4 Å². The molecule has 0 aromatic rings. The van der Waals surface area contributed by atoms with E-state index in [0.717, 1.165) is 31.8 Å². The molecule has 2 atom stereocenters. The summed E-state index contributed by atoms with van der Waals surface area (Å²) >= 11 is 0. The molecule has 0 aromatic heterocycles. The van der Waals surface area contributed by atoms with Crippen LogP contribution in [0.2, 0.25) is 0 Å². The summed E-state index contributed by atoms with van der Waals surface area (Å²) < 4.78 is 0. The molecule has 0 aromatic carbocycles. The molecular formula is C18H34N2O. The first-order valence-electron chi connectivity index (χ1n) is 9.22. The fraction of sp³-hybridized carbons (Fsp3) is 0.944. The Balaban J connectivity index is 1.65. The summed E-state index contributed by atoms with van der Waals surface area (Å²) in [4.78, 5) is 12.3. The lowest BCUT2D eigenvalue weighted by Crippen LogP contribution is -2.37. The number of amides is 1. The molecule has 122 valence electrons. The second-order valence-corrected chi connectivity index (χ2v) is 7.29. The molecule has 1 amide bonds. The van der Waals surface area contributed by atoms with Crippen molar-refractivity contribution in [2.75, 3.05) is 13.1 Å². The van der Waals surface area contributed by atoms with Crippen molar-refractivity contribution in [3.8, 4) is 0 Å².